The molecule has 0 radical (unpaired) electrons. The Morgan fingerprint density at radius 2 is 1.90 bits per heavy atom. The van der Waals surface area contributed by atoms with Crippen LogP contribution in [0.15, 0.2) is 53.1 Å². The van der Waals surface area contributed by atoms with E-state index in [1.807, 2.05) is 31.3 Å². The maximum Gasteiger partial charge on any atom is 0.335 e. The molecule has 0 aliphatic heterocycles. The molecule has 1 N–H and O–H groups in total. The van der Waals surface area contributed by atoms with Gasteiger partial charge in [-0.3, -0.25) is 0 Å². The number of para-hydroxylation sites is 1. The lowest BCUT2D eigenvalue weighted by Crippen LogP contribution is -2.02. The fraction of sp³-hybridized carbons (Fsp3) is 0.118. The van der Waals surface area contributed by atoms with E-state index in [1.54, 1.807) is 12.1 Å². The quantitative estimate of drug-likeness (QED) is 0.773. The Morgan fingerprint density at radius 1 is 1.14 bits per heavy atom. The number of benzene rings is 2. The zero-order chi connectivity index (χ0) is 15.0. The second kappa shape index (κ2) is 5.37. The number of fused-ring (bicyclic) bond motifs is 1. The van der Waals surface area contributed by atoms with E-state index in [0.717, 1.165) is 26.5 Å². The first-order valence-corrected chi connectivity index (χ1v) is 7.41. The summed E-state index contributed by atoms with van der Waals surface area (Å²) in [4.78, 5) is 11.3. The Kier molecular flexibility index (Phi) is 3.55. The number of aryl methyl sites for hydroxylation is 1. The lowest BCUT2D eigenvalue weighted by Gasteiger charge is -2.05. The van der Waals surface area contributed by atoms with Crippen LogP contribution >= 0.6 is 15.9 Å². The molecule has 0 spiro atoms. The minimum absolute atomic E-state index is 0.365. The van der Waals surface area contributed by atoms with Crippen molar-refractivity contribution in [2.45, 2.75) is 6.42 Å². The average molecular weight is 344 g/mol. The summed E-state index contributed by atoms with van der Waals surface area (Å²) in [5.74, 6) is -0.882. The van der Waals surface area contributed by atoms with E-state index < -0.39 is 5.97 Å². The van der Waals surface area contributed by atoms with Gasteiger partial charge in [0.1, 0.15) is 0 Å². The Balaban J connectivity index is 2.12. The zero-order valence-corrected chi connectivity index (χ0v) is 13.1. The van der Waals surface area contributed by atoms with Crippen molar-refractivity contribution >= 4 is 32.8 Å². The van der Waals surface area contributed by atoms with Crippen molar-refractivity contribution in [2.24, 2.45) is 7.05 Å². The number of nitrogens with zero attached hydrogens (tertiary/aromatic N) is 1. The maximum absolute atomic E-state index is 11.3. The Morgan fingerprint density at radius 3 is 2.67 bits per heavy atom. The Hall–Kier alpha value is -2.07. The third-order valence-electron chi connectivity index (χ3n) is 3.66. The highest BCUT2D eigenvalue weighted by atomic mass is 79.9. The van der Waals surface area contributed by atoms with E-state index in [0.29, 0.717) is 12.0 Å². The van der Waals surface area contributed by atoms with Crippen LogP contribution in [-0.4, -0.2) is 15.6 Å². The van der Waals surface area contributed by atoms with E-state index in [9.17, 15) is 9.90 Å². The molecule has 0 aliphatic rings. The fourth-order valence-electron chi connectivity index (χ4n) is 2.73. The van der Waals surface area contributed by atoms with Crippen molar-refractivity contribution in [3.63, 3.8) is 0 Å². The van der Waals surface area contributed by atoms with Crippen LogP contribution in [-0.2, 0) is 13.5 Å². The van der Waals surface area contributed by atoms with Crippen molar-refractivity contribution < 1.29 is 9.90 Å². The first-order chi connectivity index (χ1) is 10.1. The van der Waals surface area contributed by atoms with Gasteiger partial charge in [-0.05, 0) is 39.2 Å². The van der Waals surface area contributed by atoms with E-state index >= 15 is 0 Å². The Labute approximate surface area is 131 Å². The highest BCUT2D eigenvalue weighted by Crippen LogP contribution is 2.29. The molecule has 21 heavy (non-hydrogen) atoms. The summed E-state index contributed by atoms with van der Waals surface area (Å²) in [7, 11) is 2.00. The topological polar surface area (TPSA) is 42.2 Å². The van der Waals surface area contributed by atoms with Gasteiger partial charge in [-0.25, -0.2) is 4.79 Å². The number of hydrogen-bond donors (Lipinski definition) is 1. The predicted molar refractivity (Wildman–Crippen MR) is 86.8 cm³/mol. The molecular weight excluding hydrogens is 330 g/mol. The zero-order valence-electron chi connectivity index (χ0n) is 11.5. The molecule has 0 bridgehead atoms. The van der Waals surface area contributed by atoms with Gasteiger partial charge in [-0.2, -0.15) is 0 Å². The van der Waals surface area contributed by atoms with Gasteiger partial charge in [-0.1, -0.05) is 30.3 Å². The van der Waals surface area contributed by atoms with Gasteiger partial charge in [0.2, 0.25) is 0 Å². The minimum Gasteiger partial charge on any atom is -0.478 e. The Bertz CT molecular complexity index is 836. The van der Waals surface area contributed by atoms with Gasteiger partial charge in [-0.15, -0.1) is 0 Å². The maximum atomic E-state index is 11.3. The summed E-state index contributed by atoms with van der Waals surface area (Å²) in [6, 6.07) is 13.2. The van der Waals surface area contributed by atoms with Gasteiger partial charge in [0.15, 0.2) is 0 Å². The number of halogens is 1. The van der Waals surface area contributed by atoms with Gasteiger partial charge in [0, 0.05) is 29.5 Å². The molecule has 0 amide bonds. The molecule has 106 valence electrons. The molecule has 0 saturated carbocycles. The average Bonchev–Trinajstić information content (AvgIpc) is 2.77. The molecule has 1 heterocycles. The molecule has 0 fully saturated rings. The molecule has 0 aliphatic carbocycles. The highest BCUT2D eigenvalue weighted by Gasteiger charge is 2.13. The summed E-state index contributed by atoms with van der Waals surface area (Å²) in [5, 5.41) is 10.4. The molecule has 0 saturated heterocycles. The molecule has 0 atom stereocenters. The molecule has 2 aromatic carbocycles. The smallest absolute Gasteiger partial charge is 0.335 e. The molecular formula is C17H14BrNO2. The molecule has 3 rings (SSSR count). The monoisotopic (exact) mass is 343 g/mol. The summed E-state index contributed by atoms with van der Waals surface area (Å²) < 4.78 is 3.11. The van der Waals surface area contributed by atoms with Crippen LogP contribution in [0.3, 0.4) is 0 Å². The molecule has 1 aromatic heterocycles. The molecule has 4 heteroatoms. The number of aromatic carboxylic acids is 1. The van der Waals surface area contributed by atoms with E-state index in [2.05, 4.69) is 32.8 Å². The van der Waals surface area contributed by atoms with Gasteiger partial charge < -0.3 is 9.67 Å². The van der Waals surface area contributed by atoms with E-state index in [4.69, 9.17) is 0 Å². The van der Waals surface area contributed by atoms with Crippen LogP contribution in [0, 0.1) is 0 Å². The third-order valence-corrected chi connectivity index (χ3v) is 4.30. The van der Waals surface area contributed by atoms with Crippen LogP contribution in [0.25, 0.3) is 10.9 Å². The van der Waals surface area contributed by atoms with Crippen LogP contribution < -0.4 is 0 Å². The molecule has 3 nitrogen and oxygen atoms in total. The third kappa shape index (κ3) is 2.47. The second-order valence-corrected chi connectivity index (χ2v) is 5.89. The number of hydrogen-bond acceptors (Lipinski definition) is 1. The normalized spacial score (nSPS) is 11.0. The van der Waals surface area contributed by atoms with Crippen LogP contribution in [0.4, 0.5) is 0 Å². The lowest BCUT2D eigenvalue weighted by atomic mass is 9.99. The van der Waals surface area contributed by atoms with E-state index in [1.165, 1.54) is 0 Å². The molecule has 3 aromatic rings. The number of carboxylic acids is 1. The summed E-state index contributed by atoms with van der Waals surface area (Å²) in [5.41, 5.74) is 3.45. The van der Waals surface area contributed by atoms with Gasteiger partial charge >= 0.3 is 5.97 Å². The number of rotatable bonds is 3. The van der Waals surface area contributed by atoms with Crippen molar-refractivity contribution in [1.82, 2.24) is 4.57 Å². The molecule has 0 unspecified atom stereocenters. The van der Waals surface area contributed by atoms with Crippen molar-refractivity contribution in [3.8, 4) is 0 Å². The van der Waals surface area contributed by atoms with Gasteiger partial charge in [0.25, 0.3) is 0 Å². The van der Waals surface area contributed by atoms with Crippen LogP contribution in [0.2, 0.25) is 0 Å². The summed E-state index contributed by atoms with van der Waals surface area (Å²) in [6.07, 6.45) is 2.67. The second-order valence-electron chi connectivity index (χ2n) is 5.04. The van der Waals surface area contributed by atoms with Crippen LogP contribution in [0.1, 0.15) is 21.5 Å². The first-order valence-electron chi connectivity index (χ1n) is 6.61. The largest absolute Gasteiger partial charge is 0.478 e. The predicted octanol–water partition coefficient (Wildman–Crippen LogP) is 4.23. The van der Waals surface area contributed by atoms with Crippen molar-refractivity contribution in [1.29, 1.82) is 0 Å². The van der Waals surface area contributed by atoms with E-state index in [-0.39, 0.29) is 0 Å². The van der Waals surface area contributed by atoms with Gasteiger partial charge in [0.05, 0.1) is 11.1 Å². The summed E-state index contributed by atoms with van der Waals surface area (Å²) >= 11 is 3.57. The number of carboxylic acid groups (broad SMARTS) is 1. The van der Waals surface area contributed by atoms with Crippen molar-refractivity contribution in [2.75, 3.05) is 0 Å². The highest BCUT2D eigenvalue weighted by molar-refractivity contribution is 9.10. The standard InChI is InChI=1S/C17H14BrNO2/c1-19-10-12(13-7-4-8-15(18)16(13)19)9-11-5-2-3-6-14(11)17(20)21/h2-8,10H,9H2,1H3,(H,20,21). The van der Waals surface area contributed by atoms with Crippen molar-refractivity contribution in [3.05, 3.63) is 69.8 Å². The van der Waals surface area contributed by atoms with Crippen LogP contribution in [0.5, 0.6) is 0 Å². The SMILES string of the molecule is Cn1cc(Cc2ccccc2C(=O)O)c2cccc(Br)c21. The minimum atomic E-state index is -0.882. The summed E-state index contributed by atoms with van der Waals surface area (Å²) in [6.45, 7) is 0. The fourth-order valence-corrected chi connectivity index (χ4v) is 3.38. The number of carbonyl (C=O) groups is 1. The lowest BCUT2D eigenvalue weighted by molar-refractivity contribution is 0.0696. The first kappa shape index (κ1) is 13.9. The number of aromatic nitrogens is 1.